The van der Waals surface area contributed by atoms with Gasteiger partial charge in [-0.2, -0.15) is 0 Å². The van der Waals surface area contributed by atoms with Crippen molar-refractivity contribution in [2.45, 2.75) is 25.3 Å². The van der Waals surface area contributed by atoms with Crippen LogP contribution in [0.25, 0.3) is 0 Å². The van der Waals surface area contributed by atoms with Crippen LogP contribution in [0.15, 0.2) is 12.3 Å². The summed E-state index contributed by atoms with van der Waals surface area (Å²) >= 11 is 0. The normalized spacial score (nSPS) is 17.8. The number of anilines is 2. The molecule has 0 unspecified atom stereocenters. The molecule has 0 amide bonds. The van der Waals surface area contributed by atoms with Crippen molar-refractivity contribution < 1.29 is 14.3 Å². The zero-order valence-corrected chi connectivity index (χ0v) is 11.2. The standard InChI is InChI=1S/C13H19N3O3/c1-13(4-7-19-8-5-13)16-11-10(14)9(3-6-15-11)12(17)18-2/h3,6H,4-5,7-8,14H2,1-2H3,(H,15,16). The molecule has 1 aromatic rings. The maximum atomic E-state index is 11.6. The van der Waals surface area contributed by atoms with Crippen LogP contribution < -0.4 is 11.1 Å². The monoisotopic (exact) mass is 265 g/mol. The van der Waals surface area contributed by atoms with Gasteiger partial charge in [0.15, 0.2) is 0 Å². The summed E-state index contributed by atoms with van der Waals surface area (Å²) in [6.45, 7) is 3.52. The number of methoxy groups -OCH3 is 1. The molecule has 2 rings (SSSR count). The molecule has 0 spiro atoms. The topological polar surface area (TPSA) is 86.5 Å². The molecule has 1 aromatic heterocycles. The molecule has 1 aliphatic rings. The van der Waals surface area contributed by atoms with Gasteiger partial charge in [0.25, 0.3) is 0 Å². The molecule has 0 aromatic carbocycles. The Kier molecular flexibility index (Phi) is 3.90. The lowest BCUT2D eigenvalue weighted by atomic mass is 9.92. The lowest BCUT2D eigenvalue weighted by molar-refractivity contribution is 0.0600. The van der Waals surface area contributed by atoms with Gasteiger partial charge in [-0.05, 0) is 25.8 Å². The van der Waals surface area contributed by atoms with Crippen molar-refractivity contribution in [2.75, 3.05) is 31.4 Å². The van der Waals surface area contributed by atoms with E-state index < -0.39 is 5.97 Å². The molecular weight excluding hydrogens is 246 g/mol. The number of nitrogens with two attached hydrogens (primary N) is 1. The van der Waals surface area contributed by atoms with E-state index in [1.165, 1.54) is 7.11 Å². The summed E-state index contributed by atoms with van der Waals surface area (Å²) in [4.78, 5) is 15.8. The Labute approximate surface area is 112 Å². The van der Waals surface area contributed by atoms with Gasteiger partial charge in [0.2, 0.25) is 0 Å². The Morgan fingerprint density at radius 1 is 1.53 bits per heavy atom. The van der Waals surface area contributed by atoms with Crippen molar-refractivity contribution in [3.8, 4) is 0 Å². The van der Waals surface area contributed by atoms with Gasteiger partial charge in [0.1, 0.15) is 5.82 Å². The smallest absolute Gasteiger partial charge is 0.340 e. The van der Waals surface area contributed by atoms with Crippen molar-refractivity contribution in [3.63, 3.8) is 0 Å². The predicted octanol–water partition coefficient (Wildman–Crippen LogP) is 1.43. The lowest BCUT2D eigenvalue weighted by Gasteiger charge is -2.35. The predicted molar refractivity (Wildman–Crippen MR) is 72.1 cm³/mol. The minimum atomic E-state index is -0.458. The average molecular weight is 265 g/mol. The number of aromatic nitrogens is 1. The summed E-state index contributed by atoms with van der Waals surface area (Å²) in [5.41, 5.74) is 6.51. The Morgan fingerprint density at radius 3 is 2.84 bits per heavy atom. The van der Waals surface area contributed by atoms with Crippen LogP contribution in [-0.2, 0) is 9.47 Å². The van der Waals surface area contributed by atoms with E-state index in [0.29, 0.717) is 30.3 Å². The number of nitrogen functional groups attached to an aromatic ring is 1. The summed E-state index contributed by atoms with van der Waals surface area (Å²) < 4.78 is 10.0. The van der Waals surface area contributed by atoms with Gasteiger partial charge in [-0.3, -0.25) is 0 Å². The second kappa shape index (κ2) is 5.44. The number of carbonyl (C=O) groups excluding carboxylic acids is 1. The Hall–Kier alpha value is -1.82. The van der Waals surface area contributed by atoms with E-state index in [1.807, 2.05) is 0 Å². The highest BCUT2D eigenvalue weighted by Crippen LogP contribution is 2.28. The van der Waals surface area contributed by atoms with Crippen LogP contribution in [-0.4, -0.2) is 36.8 Å². The molecule has 19 heavy (non-hydrogen) atoms. The summed E-state index contributed by atoms with van der Waals surface area (Å²) in [6, 6.07) is 1.55. The third-order valence-corrected chi connectivity index (χ3v) is 3.41. The zero-order chi connectivity index (χ0) is 13.9. The van der Waals surface area contributed by atoms with Crippen LogP contribution in [0, 0.1) is 0 Å². The minimum Gasteiger partial charge on any atom is -0.465 e. The second-order valence-electron chi connectivity index (χ2n) is 4.91. The van der Waals surface area contributed by atoms with Crippen molar-refractivity contribution >= 4 is 17.5 Å². The molecule has 6 heteroatoms. The molecule has 3 N–H and O–H groups in total. The van der Waals surface area contributed by atoms with Gasteiger partial charge in [0, 0.05) is 24.9 Å². The molecule has 0 bridgehead atoms. The summed E-state index contributed by atoms with van der Waals surface area (Å²) in [5.74, 6) is 0.0624. The second-order valence-corrected chi connectivity index (χ2v) is 4.91. The highest BCUT2D eigenvalue weighted by atomic mass is 16.5. The molecule has 1 saturated heterocycles. The maximum absolute atomic E-state index is 11.6. The summed E-state index contributed by atoms with van der Waals surface area (Å²) in [6.07, 6.45) is 3.29. The third kappa shape index (κ3) is 2.96. The van der Waals surface area contributed by atoms with Crippen molar-refractivity contribution in [3.05, 3.63) is 17.8 Å². The molecule has 0 atom stereocenters. The number of esters is 1. The van der Waals surface area contributed by atoms with Gasteiger partial charge in [-0.1, -0.05) is 0 Å². The zero-order valence-electron chi connectivity index (χ0n) is 11.2. The quantitative estimate of drug-likeness (QED) is 0.804. The van der Waals surface area contributed by atoms with Gasteiger partial charge in [0.05, 0.1) is 18.4 Å². The van der Waals surface area contributed by atoms with Crippen LogP contribution in [0.1, 0.15) is 30.1 Å². The van der Waals surface area contributed by atoms with Crippen LogP contribution in [0.3, 0.4) is 0 Å². The van der Waals surface area contributed by atoms with Crippen molar-refractivity contribution in [1.29, 1.82) is 0 Å². The number of nitrogens with zero attached hydrogens (tertiary/aromatic N) is 1. The Morgan fingerprint density at radius 2 is 2.21 bits per heavy atom. The van der Waals surface area contributed by atoms with Crippen molar-refractivity contribution in [2.24, 2.45) is 0 Å². The number of ether oxygens (including phenoxy) is 2. The first kappa shape index (κ1) is 13.6. The SMILES string of the molecule is COC(=O)c1ccnc(NC2(C)CCOCC2)c1N. The van der Waals surface area contributed by atoms with E-state index in [0.717, 1.165) is 12.8 Å². The first-order chi connectivity index (χ1) is 9.06. The van der Waals surface area contributed by atoms with Crippen LogP contribution in [0.4, 0.5) is 11.5 Å². The molecule has 1 aliphatic heterocycles. The van der Waals surface area contributed by atoms with E-state index in [-0.39, 0.29) is 5.54 Å². The number of hydrogen-bond donors (Lipinski definition) is 2. The van der Waals surface area contributed by atoms with Crippen LogP contribution in [0.2, 0.25) is 0 Å². The molecule has 6 nitrogen and oxygen atoms in total. The first-order valence-electron chi connectivity index (χ1n) is 6.24. The minimum absolute atomic E-state index is 0.117. The van der Waals surface area contributed by atoms with Crippen LogP contribution in [0.5, 0.6) is 0 Å². The summed E-state index contributed by atoms with van der Waals surface area (Å²) in [5, 5.41) is 3.32. The van der Waals surface area contributed by atoms with E-state index in [2.05, 4.69) is 17.2 Å². The third-order valence-electron chi connectivity index (χ3n) is 3.41. The number of carbonyl (C=O) groups is 1. The van der Waals surface area contributed by atoms with Crippen molar-refractivity contribution in [1.82, 2.24) is 4.98 Å². The Balaban J connectivity index is 2.23. The molecule has 0 radical (unpaired) electrons. The largest absolute Gasteiger partial charge is 0.465 e. The fourth-order valence-electron chi connectivity index (χ4n) is 2.09. The van der Waals surface area contributed by atoms with E-state index >= 15 is 0 Å². The molecule has 0 aliphatic carbocycles. The number of nitrogens with one attached hydrogen (secondary N) is 1. The fourth-order valence-corrected chi connectivity index (χ4v) is 2.09. The highest BCUT2D eigenvalue weighted by Gasteiger charge is 2.28. The fraction of sp³-hybridized carbons (Fsp3) is 0.538. The highest BCUT2D eigenvalue weighted by molar-refractivity contribution is 5.97. The number of rotatable bonds is 3. The first-order valence-corrected chi connectivity index (χ1v) is 6.24. The van der Waals surface area contributed by atoms with E-state index in [1.54, 1.807) is 12.3 Å². The van der Waals surface area contributed by atoms with E-state index in [9.17, 15) is 4.79 Å². The molecule has 2 heterocycles. The Bertz CT molecular complexity index is 470. The average Bonchev–Trinajstić information content (AvgIpc) is 2.41. The lowest BCUT2D eigenvalue weighted by Crippen LogP contribution is -2.41. The van der Waals surface area contributed by atoms with Gasteiger partial charge in [-0.15, -0.1) is 0 Å². The number of hydrogen-bond acceptors (Lipinski definition) is 6. The molecule has 104 valence electrons. The number of pyridine rings is 1. The van der Waals surface area contributed by atoms with Gasteiger partial charge in [-0.25, -0.2) is 9.78 Å². The van der Waals surface area contributed by atoms with E-state index in [4.69, 9.17) is 15.2 Å². The maximum Gasteiger partial charge on any atom is 0.340 e. The summed E-state index contributed by atoms with van der Waals surface area (Å²) in [7, 11) is 1.33. The van der Waals surface area contributed by atoms with Crippen LogP contribution >= 0.6 is 0 Å². The molecule has 1 fully saturated rings. The molecular formula is C13H19N3O3. The van der Waals surface area contributed by atoms with Gasteiger partial charge >= 0.3 is 5.97 Å². The van der Waals surface area contributed by atoms with Gasteiger partial charge < -0.3 is 20.5 Å². The molecule has 0 saturated carbocycles.